The van der Waals surface area contributed by atoms with Gasteiger partial charge < -0.3 is 25.4 Å². The zero-order chi connectivity index (χ0) is 23.0. The van der Waals surface area contributed by atoms with Gasteiger partial charge in [-0.2, -0.15) is 4.31 Å². The third-order valence-corrected chi connectivity index (χ3v) is 6.38. The minimum Gasteiger partial charge on any atom is -0.497 e. The van der Waals surface area contributed by atoms with Crippen molar-refractivity contribution in [1.82, 2.24) is 4.31 Å². The van der Waals surface area contributed by atoms with Crippen molar-refractivity contribution in [3.8, 4) is 5.75 Å². The maximum absolute atomic E-state index is 13.1. The van der Waals surface area contributed by atoms with Gasteiger partial charge in [0, 0.05) is 19.5 Å². The lowest BCUT2D eigenvalue weighted by Crippen LogP contribution is -2.47. The summed E-state index contributed by atoms with van der Waals surface area (Å²) in [6, 6.07) is 14.7. The summed E-state index contributed by atoms with van der Waals surface area (Å²) in [5.74, 6) is 0.485. The van der Waals surface area contributed by atoms with Crippen LogP contribution in [0.3, 0.4) is 0 Å². The number of ether oxygens (including phenoxy) is 2. The van der Waals surface area contributed by atoms with E-state index in [1.54, 1.807) is 24.3 Å². The van der Waals surface area contributed by atoms with E-state index in [2.05, 4.69) is 0 Å². The van der Waals surface area contributed by atoms with Crippen LogP contribution < -0.4 is 10.5 Å². The molecule has 1 amide bonds. The largest absolute Gasteiger partial charge is 0.497 e. The minimum atomic E-state index is -4.06. The first-order valence-corrected chi connectivity index (χ1v) is 11.1. The average molecular weight is 453 g/mol. The van der Waals surface area contributed by atoms with Gasteiger partial charge in [0.15, 0.2) is 0 Å². The van der Waals surface area contributed by atoms with Crippen molar-refractivity contribution < 1.29 is 32.9 Å². The van der Waals surface area contributed by atoms with Crippen molar-refractivity contribution in [3.63, 3.8) is 0 Å². The molecule has 0 saturated heterocycles. The number of nitrogens with two attached hydrogens (primary N) is 1. The smallest absolute Gasteiger partial charge is 0.404 e. The van der Waals surface area contributed by atoms with Crippen LogP contribution in [0.1, 0.15) is 12.5 Å². The molecule has 9 nitrogen and oxygen atoms in total. The van der Waals surface area contributed by atoms with E-state index in [9.17, 15) is 23.4 Å². The van der Waals surface area contributed by atoms with E-state index in [-0.39, 0.29) is 17.9 Å². The molecule has 170 valence electrons. The molecule has 0 aliphatic carbocycles. The molecule has 0 radical (unpaired) electrons. The molecule has 0 heterocycles. The van der Waals surface area contributed by atoms with E-state index in [1.165, 1.54) is 38.3 Å². The first kappa shape index (κ1) is 24.6. The Kier molecular flexibility index (Phi) is 8.81. The second-order valence-electron chi connectivity index (χ2n) is 7.08. The van der Waals surface area contributed by atoms with Gasteiger partial charge in [0.1, 0.15) is 18.0 Å². The van der Waals surface area contributed by atoms with Crippen molar-refractivity contribution >= 4 is 16.1 Å². The van der Waals surface area contributed by atoms with E-state index in [0.29, 0.717) is 5.75 Å². The number of amides is 1. The lowest BCUT2D eigenvalue weighted by molar-refractivity contribution is -0.00406. The van der Waals surface area contributed by atoms with Crippen LogP contribution in [-0.4, -0.2) is 67.5 Å². The highest BCUT2D eigenvalue weighted by molar-refractivity contribution is 7.89. The molecule has 0 saturated carbocycles. The maximum atomic E-state index is 13.1. The standard InChI is InChI=1S/C21H28N2O7S/c1-15(24)13-23(31(27,28)18-10-8-17(29-2)9-11-18)14-19(25)20(30-21(22)26)12-16-6-4-3-5-7-16/h3-11,15,19-20,24-25H,12-14H2,1-2H3,(H2,22,26)/t15-,19-,20+/m1/s1. The molecule has 31 heavy (non-hydrogen) atoms. The molecule has 4 N–H and O–H groups in total. The number of sulfonamides is 1. The van der Waals surface area contributed by atoms with Crippen LogP contribution in [0.5, 0.6) is 5.75 Å². The molecule has 10 heteroatoms. The Morgan fingerprint density at radius 1 is 1.06 bits per heavy atom. The van der Waals surface area contributed by atoms with Crippen LogP contribution in [0.2, 0.25) is 0 Å². The van der Waals surface area contributed by atoms with E-state index in [4.69, 9.17) is 15.2 Å². The van der Waals surface area contributed by atoms with Crippen molar-refractivity contribution in [3.05, 3.63) is 60.2 Å². The monoisotopic (exact) mass is 452 g/mol. The van der Waals surface area contributed by atoms with E-state index in [0.717, 1.165) is 9.87 Å². The third kappa shape index (κ3) is 7.21. The molecule has 2 aromatic carbocycles. The minimum absolute atomic E-state index is 0.0309. The Bertz CT molecular complexity index is 934. The molecule has 0 unspecified atom stereocenters. The molecular formula is C21H28N2O7S. The fraction of sp³-hybridized carbons (Fsp3) is 0.381. The second kappa shape index (κ2) is 11.1. The summed E-state index contributed by atoms with van der Waals surface area (Å²) in [5, 5.41) is 20.6. The van der Waals surface area contributed by atoms with Crippen molar-refractivity contribution in [2.24, 2.45) is 5.73 Å². The van der Waals surface area contributed by atoms with Gasteiger partial charge in [-0.15, -0.1) is 0 Å². The SMILES string of the molecule is COc1ccc(S(=O)(=O)N(C[C@@H](O)[C@H](Cc2ccccc2)OC(N)=O)C[C@@H](C)O)cc1. The number of carbonyl (C=O) groups is 1. The maximum Gasteiger partial charge on any atom is 0.404 e. The highest BCUT2D eigenvalue weighted by Crippen LogP contribution is 2.21. The van der Waals surface area contributed by atoms with E-state index < -0.39 is 41.0 Å². The highest BCUT2D eigenvalue weighted by Gasteiger charge is 2.32. The van der Waals surface area contributed by atoms with Crippen LogP contribution in [0.4, 0.5) is 4.79 Å². The number of hydrogen-bond acceptors (Lipinski definition) is 7. The number of rotatable bonds is 11. The number of primary amides is 1. The quantitative estimate of drug-likeness (QED) is 0.464. The molecule has 0 bridgehead atoms. The lowest BCUT2D eigenvalue weighted by atomic mass is 10.0. The molecule has 0 aromatic heterocycles. The molecule has 0 fully saturated rings. The van der Waals surface area contributed by atoms with Crippen LogP contribution in [0.15, 0.2) is 59.5 Å². The van der Waals surface area contributed by atoms with Crippen LogP contribution in [0.25, 0.3) is 0 Å². The van der Waals surface area contributed by atoms with Crippen molar-refractivity contribution in [2.45, 2.75) is 36.6 Å². The Morgan fingerprint density at radius 2 is 1.68 bits per heavy atom. The van der Waals surface area contributed by atoms with Crippen LogP contribution in [0, 0.1) is 0 Å². The van der Waals surface area contributed by atoms with Crippen molar-refractivity contribution in [2.75, 3.05) is 20.2 Å². The number of nitrogens with zero attached hydrogens (tertiary/aromatic N) is 1. The number of hydrogen-bond donors (Lipinski definition) is 3. The summed E-state index contributed by atoms with van der Waals surface area (Å²) in [6.45, 7) is 0.758. The Hall–Kier alpha value is -2.66. The normalized spacial score (nSPS) is 14.6. The third-order valence-electron chi connectivity index (χ3n) is 4.53. The number of carbonyl (C=O) groups excluding carboxylic acids is 1. The Labute approximate surface area is 182 Å². The van der Waals surface area contributed by atoms with Gasteiger partial charge >= 0.3 is 6.09 Å². The molecular weight excluding hydrogens is 424 g/mol. The van der Waals surface area contributed by atoms with E-state index >= 15 is 0 Å². The predicted molar refractivity (Wildman–Crippen MR) is 114 cm³/mol. The van der Waals surface area contributed by atoms with Gasteiger partial charge in [-0.1, -0.05) is 30.3 Å². The molecule has 2 aromatic rings. The topological polar surface area (TPSA) is 139 Å². The molecule has 0 aliphatic rings. The summed E-state index contributed by atoms with van der Waals surface area (Å²) >= 11 is 0. The molecule has 0 aliphatic heterocycles. The first-order chi connectivity index (χ1) is 14.6. The number of methoxy groups -OCH3 is 1. The fourth-order valence-corrected chi connectivity index (χ4v) is 4.58. The number of benzene rings is 2. The number of aliphatic hydroxyl groups is 2. The Morgan fingerprint density at radius 3 is 2.19 bits per heavy atom. The van der Waals surface area contributed by atoms with Gasteiger partial charge in [0.05, 0.1) is 18.1 Å². The van der Waals surface area contributed by atoms with Gasteiger partial charge in [-0.3, -0.25) is 0 Å². The van der Waals surface area contributed by atoms with Crippen LogP contribution in [-0.2, 0) is 21.2 Å². The van der Waals surface area contributed by atoms with Crippen LogP contribution >= 0.6 is 0 Å². The van der Waals surface area contributed by atoms with Crippen molar-refractivity contribution in [1.29, 1.82) is 0 Å². The molecule has 3 atom stereocenters. The van der Waals surface area contributed by atoms with Gasteiger partial charge in [0.25, 0.3) is 0 Å². The lowest BCUT2D eigenvalue weighted by Gasteiger charge is -2.29. The average Bonchev–Trinajstić information content (AvgIpc) is 2.73. The first-order valence-electron chi connectivity index (χ1n) is 9.63. The summed E-state index contributed by atoms with van der Waals surface area (Å²) < 4.78 is 37.3. The molecule has 0 spiro atoms. The summed E-state index contributed by atoms with van der Waals surface area (Å²) in [7, 11) is -2.60. The number of aliphatic hydroxyl groups excluding tert-OH is 2. The summed E-state index contributed by atoms with van der Waals surface area (Å²) in [4.78, 5) is 11.3. The zero-order valence-corrected chi connectivity index (χ0v) is 18.2. The van der Waals surface area contributed by atoms with Gasteiger partial charge in [0.2, 0.25) is 10.0 Å². The summed E-state index contributed by atoms with van der Waals surface area (Å²) in [5.41, 5.74) is 5.92. The predicted octanol–water partition coefficient (Wildman–Crippen LogP) is 1.13. The van der Waals surface area contributed by atoms with E-state index in [1.807, 2.05) is 6.07 Å². The highest BCUT2D eigenvalue weighted by atomic mass is 32.2. The Balaban J connectivity index is 2.27. The fourth-order valence-electron chi connectivity index (χ4n) is 3.04. The second-order valence-corrected chi connectivity index (χ2v) is 9.02. The zero-order valence-electron chi connectivity index (χ0n) is 17.4. The van der Waals surface area contributed by atoms with Gasteiger partial charge in [-0.05, 0) is 36.8 Å². The molecule has 2 rings (SSSR count). The summed E-state index contributed by atoms with van der Waals surface area (Å²) in [6.07, 6.45) is -4.41. The van der Waals surface area contributed by atoms with Gasteiger partial charge in [-0.25, -0.2) is 13.2 Å².